The van der Waals surface area contributed by atoms with Crippen LogP contribution in [0.2, 0.25) is 10.0 Å². The van der Waals surface area contributed by atoms with E-state index in [1.165, 1.54) is 0 Å². The highest BCUT2D eigenvalue weighted by molar-refractivity contribution is 6.37. The number of nitrogens with zero attached hydrogens (tertiary/aromatic N) is 2. The van der Waals surface area contributed by atoms with E-state index >= 15 is 0 Å². The fraction of sp³-hybridized carbons (Fsp3) is 0.556. The molecule has 2 aliphatic rings. The zero-order valence-corrected chi connectivity index (χ0v) is 15.8. The van der Waals surface area contributed by atoms with E-state index in [1.54, 1.807) is 11.0 Å². The predicted molar refractivity (Wildman–Crippen MR) is 96.6 cm³/mol. The second kappa shape index (κ2) is 6.93. The van der Waals surface area contributed by atoms with Gasteiger partial charge in [0.05, 0.1) is 5.02 Å². The first-order chi connectivity index (χ1) is 11.9. The highest BCUT2D eigenvalue weighted by Crippen LogP contribution is 2.44. The molecule has 0 saturated carbocycles. The molecule has 2 N–H and O–H groups in total. The molecule has 25 heavy (non-hydrogen) atoms. The maximum atomic E-state index is 12.1. The first-order valence-corrected chi connectivity index (χ1v) is 9.26. The number of fused-ring (bicyclic) bond motifs is 2. The molecule has 3 rings (SSSR count). The Labute approximate surface area is 157 Å². The molecule has 1 aromatic carbocycles. The van der Waals surface area contributed by atoms with Crippen molar-refractivity contribution in [2.24, 2.45) is 11.7 Å². The van der Waals surface area contributed by atoms with Crippen molar-refractivity contribution in [3.63, 3.8) is 0 Å². The largest absolute Gasteiger partial charge is 0.479 e. The smallest absolute Gasteiger partial charge is 0.258 e. The SMILES string of the molecule is CCc1cc(OC(C(N)=O)C2CC3CCC2N3C#N)c(Cl)c(C)c1Cl. The van der Waals surface area contributed by atoms with Crippen molar-refractivity contribution in [2.75, 3.05) is 0 Å². The Morgan fingerprint density at radius 3 is 2.76 bits per heavy atom. The summed E-state index contributed by atoms with van der Waals surface area (Å²) in [6, 6.07) is 1.97. The summed E-state index contributed by atoms with van der Waals surface area (Å²) in [5.41, 5.74) is 7.28. The number of aryl methyl sites for hydroxylation is 1. The average Bonchev–Trinajstić information content (AvgIpc) is 3.15. The van der Waals surface area contributed by atoms with Gasteiger partial charge in [0.1, 0.15) is 5.75 Å². The summed E-state index contributed by atoms with van der Waals surface area (Å²) in [6.45, 7) is 3.82. The van der Waals surface area contributed by atoms with Crippen LogP contribution in [0.3, 0.4) is 0 Å². The van der Waals surface area contributed by atoms with E-state index < -0.39 is 12.0 Å². The number of hydrogen-bond acceptors (Lipinski definition) is 4. The monoisotopic (exact) mass is 381 g/mol. The summed E-state index contributed by atoms with van der Waals surface area (Å²) in [7, 11) is 0. The van der Waals surface area contributed by atoms with Crippen molar-refractivity contribution in [3.05, 3.63) is 27.2 Å². The van der Waals surface area contributed by atoms with E-state index in [4.69, 9.17) is 33.7 Å². The summed E-state index contributed by atoms with van der Waals surface area (Å²) >= 11 is 12.7. The molecule has 2 aliphatic heterocycles. The van der Waals surface area contributed by atoms with Gasteiger partial charge in [-0.15, -0.1) is 0 Å². The van der Waals surface area contributed by atoms with E-state index in [-0.39, 0.29) is 18.0 Å². The number of rotatable bonds is 5. The lowest BCUT2D eigenvalue weighted by Gasteiger charge is -2.28. The number of carbonyl (C=O) groups excluding carboxylic acids is 1. The molecule has 4 unspecified atom stereocenters. The van der Waals surface area contributed by atoms with Gasteiger partial charge in [-0.3, -0.25) is 4.79 Å². The van der Waals surface area contributed by atoms with Gasteiger partial charge >= 0.3 is 0 Å². The average molecular weight is 382 g/mol. The normalized spacial score (nSPS) is 25.7. The van der Waals surface area contributed by atoms with Crippen LogP contribution >= 0.6 is 23.2 Å². The van der Waals surface area contributed by atoms with Crippen LogP contribution in [-0.2, 0) is 11.2 Å². The fourth-order valence-electron chi connectivity index (χ4n) is 4.16. The number of primary amides is 1. The zero-order chi connectivity index (χ0) is 18.3. The van der Waals surface area contributed by atoms with Crippen molar-refractivity contribution in [2.45, 2.75) is 57.7 Å². The lowest BCUT2D eigenvalue weighted by atomic mass is 9.84. The van der Waals surface area contributed by atoms with Crippen molar-refractivity contribution < 1.29 is 9.53 Å². The molecule has 1 aromatic rings. The van der Waals surface area contributed by atoms with Crippen LogP contribution in [0.25, 0.3) is 0 Å². The number of ether oxygens (including phenoxy) is 1. The third kappa shape index (κ3) is 3.02. The Hall–Kier alpha value is -1.64. The van der Waals surface area contributed by atoms with E-state index in [0.717, 1.165) is 36.8 Å². The van der Waals surface area contributed by atoms with Crippen molar-refractivity contribution >= 4 is 29.1 Å². The van der Waals surface area contributed by atoms with Crippen LogP contribution in [0.5, 0.6) is 5.75 Å². The van der Waals surface area contributed by atoms with Crippen molar-refractivity contribution in [3.8, 4) is 11.9 Å². The molecule has 7 heteroatoms. The van der Waals surface area contributed by atoms with Crippen LogP contribution in [0, 0.1) is 24.3 Å². The molecule has 5 nitrogen and oxygen atoms in total. The molecular formula is C18H21Cl2N3O2. The Morgan fingerprint density at radius 2 is 2.20 bits per heavy atom. The van der Waals surface area contributed by atoms with Gasteiger partial charge in [0, 0.05) is 23.0 Å². The Morgan fingerprint density at radius 1 is 1.48 bits per heavy atom. The number of carbonyl (C=O) groups is 1. The minimum absolute atomic E-state index is 0.00492. The Balaban J connectivity index is 1.91. The van der Waals surface area contributed by atoms with E-state index in [0.29, 0.717) is 15.8 Å². The second-order valence-corrected chi connectivity index (χ2v) is 7.54. The van der Waals surface area contributed by atoms with Gasteiger partial charge in [-0.1, -0.05) is 30.1 Å². The summed E-state index contributed by atoms with van der Waals surface area (Å²) in [6.07, 6.45) is 4.74. The number of halogens is 2. The van der Waals surface area contributed by atoms with E-state index in [9.17, 15) is 10.1 Å². The van der Waals surface area contributed by atoms with Gasteiger partial charge in [-0.2, -0.15) is 5.26 Å². The summed E-state index contributed by atoms with van der Waals surface area (Å²) in [5, 5.41) is 10.4. The van der Waals surface area contributed by atoms with Gasteiger partial charge in [-0.25, -0.2) is 0 Å². The number of benzene rings is 1. The molecule has 2 bridgehead atoms. The number of amides is 1. The van der Waals surface area contributed by atoms with Crippen LogP contribution < -0.4 is 10.5 Å². The maximum absolute atomic E-state index is 12.1. The van der Waals surface area contributed by atoms with Crippen LogP contribution in [0.4, 0.5) is 0 Å². The molecule has 4 atom stereocenters. The third-order valence-corrected chi connectivity index (χ3v) is 6.46. The molecule has 2 saturated heterocycles. The number of nitriles is 1. The van der Waals surface area contributed by atoms with Crippen molar-refractivity contribution in [1.82, 2.24) is 4.90 Å². The molecule has 2 heterocycles. The van der Waals surface area contributed by atoms with Gasteiger partial charge < -0.3 is 15.4 Å². The van der Waals surface area contributed by atoms with Crippen LogP contribution in [-0.4, -0.2) is 29.0 Å². The molecule has 0 aliphatic carbocycles. The quantitative estimate of drug-likeness (QED) is 0.792. The topological polar surface area (TPSA) is 79.3 Å². The second-order valence-electron chi connectivity index (χ2n) is 6.79. The molecule has 1 amide bonds. The standard InChI is InChI=1S/C18H21Cl2N3O2/c1-3-10-6-14(16(20)9(2)15(10)19)25-17(18(22)24)12-7-11-4-5-13(12)23(11)8-21/h6,11-13,17H,3-5,7H2,1-2H3,(H2,22,24). The first kappa shape index (κ1) is 18.2. The third-order valence-electron chi connectivity index (χ3n) is 5.47. The minimum Gasteiger partial charge on any atom is -0.479 e. The Kier molecular flexibility index (Phi) is 5.04. The molecule has 0 spiro atoms. The summed E-state index contributed by atoms with van der Waals surface area (Å²) in [5.74, 6) is -0.208. The van der Waals surface area contributed by atoms with Gasteiger partial charge in [0.15, 0.2) is 12.3 Å². The van der Waals surface area contributed by atoms with Gasteiger partial charge in [-0.05, 0) is 49.8 Å². The molecule has 2 fully saturated rings. The van der Waals surface area contributed by atoms with Crippen LogP contribution in [0.15, 0.2) is 6.07 Å². The highest BCUT2D eigenvalue weighted by atomic mass is 35.5. The maximum Gasteiger partial charge on any atom is 0.258 e. The lowest BCUT2D eigenvalue weighted by molar-refractivity contribution is -0.127. The molecular weight excluding hydrogens is 361 g/mol. The molecule has 134 valence electrons. The zero-order valence-electron chi connectivity index (χ0n) is 14.3. The molecule has 0 radical (unpaired) electrons. The highest BCUT2D eigenvalue weighted by Gasteiger charge is 2.51. The fourth-order valence-corrected chi connectivity index (χ4v) is 4.68. The van der Waals surface area contributed by atoms with E-state index in [1.807, 2.05) is 13.8 Å². The Bertz CT molecular complexity index is 747. The van der Waals surface area contributed by atoms with Crippen molar-refractivity contribution in [1.29, 1.82) is 5.26 Å². The summed E-state index contributed by atoms with van der Waals surface area (Å²) < 4.78 is 6.01. The van der Waals surface area contributed by atoms with E-state index in [2.05, 4.69) is 6.19 Å². The predicted octanol–water partition coefficient (Wildman–Crippen LogP) is 3.43. The van der Waals surface area contributed by atoms with Crippen LogP contribution in [0.1, 0.15) is 37.3 Å². The number of nitrogens with two attached hydrogens (primary N) is 1. The lowest BCUT2D eigenvalue weighted by Crippen LogP contribution is -2.45. The minimum atomic E-state index is -0.811. The summed E-state index contributed by atoms with van der Waals surface area (Å²) in [4.78, 5) is 13.9. The van der Waals surface area contributed by atoms with Gasteiger partial charge in [0.25, 0.3) is 5.91 Å². The number of hydrogen-bond donors (Lipinski definition) is 1. The molecule has 0 aromatic heterocycles. The van der Waals surface area contributed by atoms with Gasteiger partial charge in [0.2, 0.25) is 0 Å². The first-order valence-electron chi connectivity index (χ1n) is 8.50.